The van der Waals surface area contributed by atoms with Crippen molar-refractivity contribution in [2.45, 2.75) is 71.2 Å². The second kappa shape index (κ2) is 37.4. The van der Waals surface area contributed by atoms with Gasteiger partial charge in [0.25, 0.3) is 17.7 Å². The molecule has 3 amide bonds. The van der Waals surface area contributed by atoms with Gasteiger partial charge in [-0.25, -0.2) is 0 Å². The highest BCUT2D eigenvalue weighted by atomic mass is 79.9. The van der Waals surface area contributed by atoms with Crippen LogP contribution in [-0.2, 0) is 4.79 Å². The number of rotatable bonds is 16. The molecule has 6 unspecified atom stereocenters. The highest BCUT2D eigenvalue weighted by molar-refractivity contribution is 9.11. The molecule has 0 saturated heterocycles. The minimum atomic E-state index is -1.53. The molecule has 0 radical (unpaired) electrons. The molecule has 22 nitrogen and oxygen atoms in total. The molecule has 0 aliphatic carbocycles. The predicted molar refractivity (Wildman–Crippen MR) is 253 cm³/mol. The number of anilines is 3. The van der Waals surface area contributed by atoms with Crippen LogP contribution in [0.15, 0.2) is 61.9 Å². The van der Waals surface area contributed by atoms with Gasteiger partial charge in [0, 0.05) is 47.6 Å². The normalized spacial score (nSPS) is 12.8. The molecule has 3 aromatic carbocycles. The predicted octanol–water partition coefficient (Wildman–Crippen LogP) is -0.0631. The van der Waals surface area contributed by atoms with Crippen molar-refractivity contribution in [1.82, 2.24) is 9.80 Å². The van der Waals surface area contributed by atoms with Crippen LogP contribution in [0.25, 0.3) is 0 Å². The summed E-state index contributed by atoms with van der Waals surface area (Å²) in [5.74, 6) is -1.56. The van der Waals surface area contributed by atoms with Crippen LogP contribution in [0.2, 0.25) is 0 Å². The van der Waals surface area contributed by atoms with E-state index in [1.807, 2.05) is 25.8 Å². The number of hydrogen-bond donors (Lipinski definition) is 16. The van der Waals surface area contributed by atoms with Gasteiger partial charge in [-0.15, -0.1) is 0 Å². The number of carbonyl (C=O) groups excluding carboxylic acids is 4. The van der Waals surface area contributed by atoms with Crippen molar-refractivity contribution in [3.05, 3.63) is 84.2 Å². The van der Waals surface area contributed by atoms with Crippen molar-refractivity contribution in [2.24, 2.45) is 0 Å². The first-order valence-electron chi connectivity index (χ1n) is 19.4. The molecule has 25 heteroatoms. The van der Waals surface area contributed by atoms with Crippen LogP contribution in [-0.4, -0.2) is 196 Å². The van der Waals surface area contributed by atoms with E-state index in [-0.39, 0.29) is 62.3 Å². The van der Waals surface area contributed by atoms with Gasteiger partial charge >= 0.3 is 0 Å². The first-order valence-corrected chi connectivity index (χ1v) is 21.7. The molecule has 0 aliphatic rings. The lowest BCUT2D eigenvalue weighted by molar-refractivity contribution is -0.0980. The third-order valence-electron chi connectivity index (χ3n) is 8.40. The highest BCUT2D eigenvalue weighted by Crippen LogP contribution is 2.44. The summed E-state index contributed by atoms with van der Waals surface area (Å²) < 4.78 is 0.511. The fourth-order valence-electron chi connectivity index (χ4n) is 5.18. The van der Waals surface area contributed by atoms with Gasteiger partial charge in [-0.2, -0.15) is 0 Å². The molecular formula is C41H63Br3N4O18. The minimum absolute atomic E-state index is 0.0164. The number of aryl methyl sites for hydroxylation is 1. The monoisotopic (exact) mass is 1140 g/mol. The van der Waals surface area contributed by atoms with Crippen LogP contribution in [0.5, 0.6) is 0 Å². The Morgan fingerprint density at radius 1 is 0.576 bits per heavy atom. The lowest BCUT2D eigenvalue weighted by Crippen LogP contribution is -2.46. The molecule has 0 fully saturated rings. The summed E-state index contributed by atoms with van der Waals surface area (Å²) in [5.41, 5.74) is 2.77. The average Bonchev–Trinajstić information content (AvgIpc) is 3.27. The van der Waals surface area contributed by atoms with Crippen molar-refractivity contribution in [2.75, 3.05) is 64.0 Å². The van der Waals surface area contributed by atoms with E-state index in [4.69, 9.17) is 45.6 Å². The number of carbonyl (C=O) groups is 4. The number of nitrogens with zero attached hydrogens (tertiary/aromatic N) is 2. The van der Waals surface area contributed by atoms with Crippen LogP contribution >= 0.6 is 47.8 Å². The lowest BCUT2D eigenvalue weighted by Gasteiger charge is -2.30. The number of hydrogen-bond acceptors (Lipinski definition) is 19. The number of aliphatic hydroxyl groups is 14. The Morgan fingerprint density at radius 3 is 1.20 bits per heavy atom. The Kier molecular flexibility index (Phi) is 37.8. The maximum Gasteiger partial charge on any atom is 0.256 e. The molecule has 0 aromatic heterocycles. The molecule has 0 saturated carbocycles. The van der Waals surface area contributed by atoms with Crippen LogP contribution in [0.4, 0.5) is 17.1 Å². The fourth-order valence-corrected chi connectivity index (χ4v) is 8.04. The maximum absolute atomic E-state index is 14.2. The van der Waals surface area contributed by atoms with Gasteiger partial charge in [0.1, 0.15) is 46.2 Å². The van der Waals surface area contributed by atoms with E-state index in [0.717, 1.165) is 5.56 Å². The molecule has 16 N–H and O–H groups in total. The standard InChI is InChI=1S/C36H45Br3N4O9.4CH4O2.CH2O/c1-6-42(16-24(46)32(48)19(4)44)35(51)26-28(37)27(36(52)43(7-2)17-25(47)33(49)20(5)45)30(39)31(29(26)38)40-22-12-14-23(15-13-22)41-34(50)21-10-8-18(3)9-11-21;4*2-1-3;1-2/h8-15,19-20,24-25,32-33,40,44-49H,6-7,16-17H2,1-5H3,(H,41,50);4*2-3H,1H2;1H2. The smallest absolute Gasteiger partial charge is 0.256 e. The molecule has 0 aliphatic heterocycles. The number of benzene rings is 3. The van der Waals surface area contributed by atoms with Gasteiger partial charge < -0.3 is 96.7 Å². The molecule has 376 valence electrons. The summed E-state index contributed by atoms with van der Waals surface area (Å²) in [4.78, 5) is 51.7. The largest absolute Gasteiger partial charge is 0.391 e. The fraction of sp³-hybridized carbons (Fsp3) is 0.463. The van der Waals surface area contributed by atoms with E-state index in [2.05, 4.69) is 58.4 Å². The third-order valence-corrected chi connectivity index (χ3v) is 10.8. The summed E-state index contributed by atoms with van der Waals surface area (Å²) in [6, 6.07) is 13.9. The molecule has 0 bridgehead atoms. The van der Waals surface area contributed by atoms with E-state index in [0.29, 0.717) is 16.9 Å². The van der Waals surface area contributed by atoms with Crippen molar-refractivity contribution in [3.8, 4) is 0 Å². The Bertz CT molecular complexity index is 1740. The van der Waals surface area contributed by atoms with Gasteiger partial charge in [-0.05, 0) is 119 Å². The Hall–Kier alpha value is -3.58. The Morgan fingerprint density at radius 2 is 0.894 bits per heavy atom. The molecule has 66 heavy (non-hydrogen) atoms. The van der Waals surface area contributed by atoms with Crippen LogP contribution < -0.4 is 10.6 Å². The molecule has 3 aromatic rings. The SMILES string of the molecule is C=O.CCN(CC(O)C(O)C(C)O)C(=O)c1c(Br)c(Nc2ccc(NC(=O)c3ccc(C)cc3)cc2)c(Br)c(C(=O)N(CC)CC(O)C(O)C(C)O)c1Br.OCO.OCO.OCO.OCO. The Balaban J connectivity index is -0.00000252. The molecule has 6 atom stereocenters. The number of halogens is 3. The number of amides is 3. The summed E-state index contributed by atoms with van der Waals surface area (Å²) in [6.45, 7) is 6.36. The van der Waals surface area contributed by atoms with Gasteiger partial charge in [0.05, 0.1) is 50.2 Å². The summed E-state index contributed by atoms with van der Waals surface area (Å²) in [5, 5.41) is 124. The lowest BCUT2D eigenvalue weighted by atomic mass is 10.0. The number of likely N-dealkylation sites (N-methyl/N-ethyl adjacent to an activating group) is 2. The molecule has 0 heterocycles. The van der Waals surface area contributed by atoms with E-state index >= 15 is 0 Å². The topological polar surface area (TPSA) is 382 Å². The van der Waals surface area contributed by atoms with Gasteiger partial charge in [0.2, 0.25) is 0 Å². The number of aliphatic hydroxyl groups excluding tert-OH is 10. The van der Waals surface area contributed by atoms with Crippen molar-refractivity contribution >= 4 is 89.4 Å². The van der Waals surface area contributed by atoms with E-state index in [1.165, 1.54) is 23.6 Å². The van der Waals surface area contributed by atoms with E-state index < -0.39 is 75.6 Å². The van der Waals surface area contributed by atoms with Crippen molar-refractivity contribution < 1.29 is 90.7 Å². The van der Waals surface area contributed by atoms with E-state index in [9.17, 15) is 45.0 Å². The third kappa shape index (κ3) is 22.9. The van der Waals surface area contributed by atoms with Gasteiger partial charge in [0.15, 0.2) is 0 Å². The molecule has 3 rings (SSSR count). The van der Waals surface area contributed by atoms with Gasteiger partial charge in [-0.3, -0.25) is 14.4 Å². The maximum atomic E-state index is 14.2. The van der Waals surface area contributed by atoms with Gasteiger partial charge in [-0.1, -0.05) is 17.7 Å². The summed E-state index contributed by atoms with van der Waals surface area (Å²) >= 11 is 10.6. The molecular weight excluding hydrogens is 1080 g/mol. The zero-order valence-corrected chi connectivity index (χ0v) is 41.6. The van der Waals surface area contributed by atoms with E-state index in [1.54, 1.807) is 50.2 Å². The van der Waals surface area contributed by atoms with Crippen molar-refractivity contribution in [3.63, 3.8) is 0 Å². The first kappa shape index (κ1) is 66.7. The van der Waals surface area contributed by atoms with Crippen LogP contribution in [0.3, 0.4) is 0 Å². The summed E-state index contributed by atoms with van der Waals surface area (Å²) in [7, 11) is 0. The zero-order valence-electron chi connectivity index (χ0n) is 36.9. The second-order valence-corrected chi connectivity index (χ2v) is 15.3. The van der Waals surface area contributed by atoms with Crippen LogP contribution in [0.1, 0.15) is 64.3 Å². The summed E-state index contributed by atoms with van der Waals surface area (Å²) in [6.07, 6.45) is -8.56. The number of nitrogens with one attached hydrogen (secondary N) is 2. The Labute approximate surface area is 407 Å². The van der Waals surface area contributed by atoms with Crippen LogP contribution in [0, 0.1) is 6.92 Å². The highest BCUT2D eigenvalue weighted by Gasteiger charge is 2.34. The zero-order chi connectivity index (χ0) is 51.9. The average molecular weight is 1140 g/mol. The first-order chi connectivity index (χ1) is 31.1. The van der Waals surface area contributed by atoms with Crippen molar-refractivity contribution in [1.29, 1.82) is 0 Å². The quantitative estimate of drug-likeness (QED) is 0.0835. The molecule has 0 spiro atoms. The second-order valence-electron chi connectivity index (χ2n) is 12.9. The minimum Gasteiger partial charge on any atom is -0.391 e.